The van der Waals surface area contributed by atoms with Crippen LogP contribution in [0.4, 0.5) is 4.39 Å². The Kier molecular flexibility index (Phi) is 2.79. The number of hydrogen-bond donors (Lipinski definition) is 1. The third kappa shape index (κ3) is 2.14. The van der Waals surface area contributed by atoms with Crippen molar-refractivity contribution in [2.45, 2.75) is 25.1 Å². The molecule has 1 fully saturated rings. The lowest BCUT2D eigenvalue weighted by molar-refractivity contribution is 0.0760. The summed E-state index contributed by atoms with van der Waals surface area (Å²) in [7, 11) is 0. The maximum atomic E-state index is 12.6. The molecule has 0 aliphatic carbocycles. The van der Waals surface area contributed by atoms with Crippen LogP contribution in [0, 0.1) is 0 Å². The van der Waals surface area contributed by atoms with Gasteiger partial charge in [0.15, 0.2) is 0 Å². The minimum Gasteiger partial charge on any atom is -0.390 e. The second kappa shape index (κ2) is 3.42. The van der Waals surface area contributed by atoms with Crippen LogP contribution in [0.2, 0.25) is 0 Å². The van der Waals surface area contributed by atoms with E-state index < -0.39 is 12.3 Å². The molecule has 0 saturated carbocycles. The summed E-state index contributed by atoms with van der Waals surface area (Å²) in [6, 6.07) is 0. The standard InChI is InChI=1S/C6H11FOS/c7-5-1-3-9-4-2-6(5)8/h5-6,8H,1-4H2/t5-,6-/m1/s1. The van der Waals surface area contributed by atoms with E-state index in [4.69, 9.17) is 5.11 Å². The highest BCUT2D eigenvalue weighted by Gasteiger charge is 2.20. The second-order valence-corrected chi connectivity index (χ2v) is 3.50. The molecular formula is C6H11FOS. The van der Waals surface area contributed by atoms with Crippen molar-refractivity contribution in [3.63, 3.8) is 0 Å². The van der Waals surface area contributed by atoms with Gasteiger partial charge >= 0.3 is 0 Å². The molecule has 1 aliphatic heterocycles. The predicted molar refractivity (Wildman–Crippen MR) is 37.5 cm³/mol. The van der Waals surface area contributed by atoms with Gasteiger partial charge in [0.2, 0.25) is 0 Å². The Morgan fingerprint density at radius 3 is 2.78 bits per heavy atom. The molecule has 0 spiro atoms. The average molecular weight is 150 g/mol. The molecule has 0 aromatic heterocycles. The molecule has 0 radical (unpaired) electrons. The first kappa shape index (κ1) is 7.35. The van der Waals surface area contributed by atoms with Crippen LogP contribution < -0.4 is 0 Å². The van der Waals surface area contributed by atoms with Crippen molar-refractivity contribution in [2.24, 2.45) is 0 Å². The summed E-state index contributed by atoms with van der Waals surface area (Å²) in [6.07, 6.45) is -0.530. The molecule has 54 valence electrons. The summed E-state index contributed by atoms with van der Waals surface area (Å²) in [5.41, 5.74) is 0. The van der Waals surface area contributed by atoms with Crippen molar-refractivity contribution in [3.05, 3.63) is 0 Å². The van der Waals surface area contributed by atoms with Crippen LogP contribution in [0.5, 0.6) is 0 Å². The van der Waals surface area contributed by atoms with Crippen molar-refractivity contribution in [1.29, 1.82) is 0 Å². The molecule has 0 amide bonds. The summed E-state index contributed by atoms with van der Waals surface area (Å²) in [5, 5.41) is 8.97. The van der Waals surface area contributed by atoms with Crippen molar-refractivity contribution in [1.82, 2.24) is 0 Å². The van der Waals surface area contributed by atoms with Gasteiger partial charge in [-0.25, -0.2) is 4.39 Å². The minimum absolute atomic E-state index is 0.520. The molecular weight excluding hydrogens is 139 g/mol. The molecule has 1 heterocycles. The Balaban J connectivity index is 2.32. The fourth-order valence-electron chi connectivity index (χ4n) is 0.875. The second-order valence-electron chi connectivity index (χ2n) is 2.27. The number of halogens is 1. The first-order chi connectivity index (χ1) is 4.30. The topological polar surface area (TPSA) is 20.2 Å². The minimum atomic E-state index is -0.972. The molecule has 1 rings (SSSR count). The summed E-state index contributed by atoms with van der Waals surface area (Å²) in [6.45, 7) is 0. The molecule has 2 atom stereocenters. The normalized spacial score (nSPS) is 38.0. The number of alkyl halides is 1. The van der Waals surface area contributed by atoms with E-state index in [-0.39, 0.29) is 0 Å². The fourth-order valence-corrected chi connectivity index (χ4v) is 1.88. The molecule has 9 heavy (non-hydrogen) atoms. The van der Waals surface area contributed by atoms with E-state index in [1.807, 2.05) is 0 Å². The Morgan fingerprint density at radius 2 is 2.00 bits per heavy atom. The maximum absolute atomic E-state index is 12.6. The zero-order valence-corrected chi connectivity index (χ0v) is 6.03. The smallest absolute Gasteiger partial charge is 0.127 e. The Labute approximate surface area is 58.6 Å². The highest BCUT2D eigenvalue weighted by Crippen LogP contribution is 2.19. The van der Waals surface area contributed by atoms with Crippen LogP contribution in [0.3, 0.4) is 0 Å². The van der Waals surface area contributed by atoms with Crippen molar-refractivity contribution in [2.75, 3.05) is 11.5 Å². The molecule has 3 heteroatoms. The zero-order chi connectivity index (χ0) is 6.69. The lowest BCUT2D eigenvalue weighted by Crippen LogP contribution is -2.20. The van der Waals surface area contributed by atoms with E-state index in [0.717, 1.165) is 11.5 Å². The average Bonchev–Trinajstić information content (AvgIpc) is 1.99. The first-order valence-electron chi connectivity index (χ1n) is 3.20. The van der Waals surface area contributed by atoms with E-state index >= 15 is 0 Å². The monoisotopic (exact) mass is 150 g/mol. The number of aliphatic hydroxyl groups is 1. The number of thioether (sulfide) groups is 1. The van der Waals surface area contributed by atoms with Gasteiger partial charge in [0.25, 0.3) is 0 Å². The van der Waals surface area contributed by atoms with E-state index in [0.29, 0.717) is 12.8 Å². The lowest BCUT2D eigenvalue weighted by atomic mass is 10.1. The summed E-state index contributed by atoms with van der Waals surface area (Å²) >= 11 is 1.72. The van der Waals surface area contributed by atoms with Gasteiger partial charge < -0.3 is 5.11 Å². The van der Waals surface area contributed by atoms with Crippen LogP contribution in [-0.4, -0.2) is 28.9 Å². The molecule has 1 nitrogen and oxygen atoms in total. The van der Waals surface area contributed by atoms with E-state index in [9.17, 15) is 4.39 Å². The van der Waals surface area contributed by atoms with Gasteiger partial charge in [-0.05, 0) is 24.3 Å². The third-order valence-electron chi connectivity index (χ3n) is 1.51. The van der Waals surface area contributed by atoms with Gasteiger partial charge in [-0.3, -0.25) is 0 Å². The molecule has 0 bridgehead atoms. The number of aliphatic hydroxyl groups excluding tert-OH is 1. The molecule has 1 saturated heterocycles. The van der Waals surface area contributed by atoms with Crippen molar-refractivity contribution in [3.8, 4) is 0 Å². The molecule has 0 aromatic rings. The Bertz CT molecular complexity index is 79.1. The lowest BCUT2D eigenvalue weighted by Gasteiger charge is -2.09. The van der Waals surface area contributed by atoms with Crippen LogP contribution in [0.1, 0.15) is 12.8 Å². The molecule has 1 N–H and O–H groups in total. The van der Waals surface area contributed by atoms with Crippen LogP contribution in [-0.2, 0) is 0 Å². The van der Waals surface area contributed by atoms with E-state index in [2.05, 4.69) is 0 Å². The van der Waals surface area contributed by atoms with Gasteiger partial charge in [0, 0.05) is 0 Å². The fraction of sp³-hybridized carbons (Fsp3) is 1.00. The quantitative estimate of drug-likeness (QED) is 0.560. The van der Waals surface area contributed by atoms with Crippen molar-refractivity contribution >= 4 is 11.8 Å². The van der Waals surface area contributed by atoms with Gasteiger partial charge in [-0.2, -0.15) is 11.8 Å². The third-order valence-corrected chi connectivity index (χ3v) is 2.56. The molecule has 1 aliphatic rings. The SMILES string of the molecule is O[C@@H]1CCSCC[C@H]1F. The number of rotatable bonds is 0. The maximum Gasteiger partial charge on any atom is 0.127 e. The zero-order valence-electron chi connectivity index (χ0n) is 5.22. The highest BCUT2D eigenvalue weighted by atomic mass is 32.2. The predicted octanol–water partition coefficient (Wildman–Crippen LogP) is 1.21. The van der Waals surface area contributed by atoms with Gasteiger partial charge in [-0.15, -0.1) is 0 Å². The van der Waals surface area contributed by atoms with Crippen molar-refractivity contribution < 1.29 is 9.50 Å². The summed E-state index contributed by atoms with van der Waals surface area (Å²) in [4.78, 5) is 0. The van der Waals surface area contributed by atoms with Gasteiger partial charge in [0.05, 0.1) is 6.10 Å². The summed E-state index contributed by atoms with van der Waals surface area (Å²) < 4.78 is 12.6. The first-order valence-corrected chi connectivity index (χ1v) is 4.36. The number of hydrogen-bond acceptors (Lipinski definition) is 2. The van der Waals surface area contributed by atoms with Crippen LogP contribution >= 0.6 is 11.8 Å². The Morgan fingerprint density at radius 1 is 1.33 bits per heavy atom. The van der Waals surface area contributed by atoms with Crippen LogP contribution in [0.15, 0.2) is 0 Å². The highest BCUT2D eigenvalue weighted by molar-refractivity contribution is 7.99. The molecule has 0 unspecified atom stereocenters. The van der Waals surface area contributed by atoms with Gasteiger partial charge in [0.1, 0.15) is 6.17 Å². The van der Waals surface area contributed by atoms with E-state index in [1.54, 1.807) is 11.8 Å². The van der Waals surface area contributed by atoms with E-state index in [1.165, 1.54) is 0 Å². The van der Waals surface area contributed by atoms with Crippen LogP contribution in [0.25, 0.3) is 0 Å². The van der Waals surface area contributed by atoms with Gasteiger partial charge in [-0.1, -0.05) is 0 Å². The summed E-state index contributed by atoms with van der Waals surface area (Å²) in [5.74, 6) is 1.76. The largest absolute Gasteiger partial charge is 0.390 e. The Hall–Kier alpha value is 0.240. The molecule has 0 aromatic carbocycles.